The summed E-state index contributed by atoms with van der Waals surface area (Å²) in [5, 5.41) is 0. The average Bonchev–Trinajstić information content (AvgIpc) is 2.04. The summed E-state index contributed by atoms with van der Waals surface area (Å²) in [5.41, 5.74) is 0. The molecule has 0 N–H and O–H groups in total. The van der Waals surface area contributed by atoms with Crippen LogP contribution in [0.5, 0.6) is 0 Å². The summed E-state index contributed by atoms with van der Waals surface area (Å²) >= 11 is 6.52. The minimum Gasteiger partial charge on any atom is -0.258 e. The van der Waals surface area contributed by atoms with Crippen molar-refractivity contribution in [1.82, 2.24) is 9.34 Å². The summed E-state index contributed by atoms with van der Waals surface area (Å²) in [6.07, 6.45) is 0. The quantitative estimate of drug-likeness (QED) is 0.648. The minimum absolute atomic E-state index is 0.513. The maximum Gasteiger partial charge on any atom is 0.140 e. The largest absolute Gasteiger partial charge is 0.258 e. The van der Waals surface area contributed by atoms with E-state index in [0.717, 1.165) is 13.1 Å². The Labute approximate surface area is 95.3 Å². The van der Waals surface area contributed by atoms with Gasteiger partial charge in [0, 0.05) is 25.2 Å². The van der Waals surface area contributed by atoms with Gasteiger partial charge in [0.25, 0.3) is 0 Å². The van der Waals surface area contributed by atoms with E-state index in [1.54, 1.807) is 0 Å². The lowest BCUT2D eigenvalue weighted by Crippen LogP contribution is -2.36. The first-order valence-electron chi connectivity index (χ1n) is 5.44. The van der Waals surface area contributed by atoms with E-state index in [9.17, 15) is 0 Å². The molecule has 2 nitrogen and oxygen atoms in total. The van der Waals surface area contributed by atoms with Crippen LogP contribution in [0.1, 0.15) is 41.5 Å². The lowest BCUT2D eigenvalue weighted by Gasteiger charge is -2.39. The monoisotopic (exact) mass is 238 g/mol. The molecule has 0 saturated carbocycles. The van der Waals surface area contributed by atoms with Crippen LogP contribution in [0.4, 0.5) is 0 Å². The first-order valence-corrected chi connectivity index (χ1v) is 7.59. The summed E-state index contributed by atoms with van der Waals surface area (Å²) in [6, 6.07) is 1.03. The highest BCUT2D eigenvalue weighted by atomic mass is 35.7. The molecule has 0 fully saturated rings. The molecule has 0 rings (SSSR count). The molecule has 1 unspecified atom stereocenters. The van der Waals surface area contributed by atoms with Crippen LogP contribution in [-0.2, 0) is 0 Å². The van der Waals surface area contributed by atoms with Crippen molar-refractivity contribution in [3.63, 3.8) is 0 Å². The molecule has 0 bridgehead atoms. The van der Waals surface area contributed by atoms with E-state index in [0.29, 0.717) is 12.1 Å². The van der Waals surface area contributed by atoms with Crippen LogP contribution in [0.3, 0.4) is 0 Å². The molecule has 0 aliphatic carbocycles. The molecule has 0 aliphatic heterocycles. The summed E-state index contributed by atoms with van der Waals surface area (Å²) < 4.78 is 4.72. The maximum absolute atomic E-state index is 6.52. The Bertz CT molecular complexity index is 141. The second-order valence-electron chi connectivity index (χ2n) is 3.95. The van der Waals surface area contributed by atoms with Gasteiger partial charge in [0.1, 0.15) is 7.58 Å². The lowest BCUT2D eigenvalue weighted by molar-refractivity contribution is 0.304. The van der Waals surface area contributed by atoms with Gasteiger partial charge in [0.15, 0.2) is 0 Å². The van der Waals surface area contributed by atoms with Crippen LogP contribution in [0.25, 0.3) is 0 Å². The molecule has 4 heteroatoms. The SMILES string of the molecule is CCN(CC)P(Cl)N(C(C)C)C(C)C. The Morgan fingerprint density at radius 1 is 1.00 bits per heavy atom. The van der Waals surface area contributed by atoms with Gasteiger partial charge in [-0.2, -0.15) is 0 Å². The lowest BCUT2D eigenvalue weighted by atomic mass is 10.3. The molecule has 0 amide bonds. The van der Waals surface area contributed by atoms with Crippen molar-refractivity contribution >= 4 is 18.8 Å². The zero-order valence-corrected chi connectivity index (χ0v) is 11.9. The molecule has 86 valence electrons. The van der Waals surface area contributed by atoms with Crippen molar-refractivity contribution in [2.24, 2.45) is 0 Å². The Hall–Kier alpha value is 0.640. The fourth-order valence-electron chi connectivity index (χ4n) is 1.58. The van der Waals surface area contributed by atoms with E-state index in [1.165, 1.54) is 0 Å². The first kappa shape index (κ1) is 14.6. The predicted octanol–water partition coefficient (Wildman–Crippen LogP) is 3.91. The Kier molecular flexibility index (Phi) is 7.32. The van der Waals surface area contributed by atoms with E-state index in [4.69, 9.17) is 11.2 Å². The van der Waals surface area contributed by atoms with Crippen molar-refractivity contribution in [1.29, 1.82) is 0 Å². The molecule has 0 aliphatic rings. The van der Waals surface area contributed by atoms with Crippen molar-refractivity contribution in [2.45, 2.75) is 53.6 Å². The molecule has 0 radical (unpaired) electrons. The Morgan fingerprint density at radius 3 is 1.57 bits per heavy atom. The molecule has 1 atom stereocenters. The van der Waals surface area contributed by atoms with Crippen LogP contribution in [-0.4, -0.2) is 34.5 Å². The summed E-state index contributed by atoms with van der Waals surface area (Å²) in [6.45, 7) is 15.2. The van der Waals surface area contributed by atoms with E-state index >= 15 is 0 Å². The van der Waals surface area contributed by atoms with E-state index in [2.05, 4.69) is 50.9 Å². The zero-order chi connectivity index (χ0) is 11.3. The van der Waals surface area contributed by atoms with Crippen LogP contribution >= 0.6 is 18.8 Å². The van der Waals surface area contributed by atoms with Gasteiger partial charge >= 0.3 is 0 Å². The van der Waals surface area contributed by atoms with E-state index < -0.39 is 7.58 Å². The van der Waals surface area contributed by atoms with Gasteiger partial charge in [-0.25, -0.2) is 0 Å². The van der Waals surface area contributed by atoms with Gasteiger partial charge in [0.2, 0.25) is 0 Å². The second kappa shape index (κ2) is 7.00. The van der Waals surface area contributed by atoms with Crippen molar-refractivity contribution in [3.8, 4) is 0 Å². The van der Waals surface area contributed by atoms with E-state index in [-0.39, 0.29) is 0 Å². The van der Waals surface area contributed by atoms with Crippen LogP contribution in [0.2, 0.25) is 0 Å². The molecular weight excluding hydrogens is 215 g/mol. The van der Waals surface area contributed by atoms with Gasteiger partial charge in [-0.1, -0.05) is 25.1 Å². The molecule has 14 heavy (non-hydrogen) atoms. The fraction of sp³-hybridized carbons (Fsp3) is 1.00. The smallest absolute Gasteiger partial charge is 0.140 e. The third-order valence-corrected chi connectivity index (χ3v) is 5.71. The van der Waals surface area contributed by atoms with Gasteiger partial charge in [-0.3, -0.25) is 9.34 Å². The maximum atomic E-state index is 6.52. The number of nitrogens with zero attached hydrogens (tertiary/aromatic N) is 2. The molecule has 0 saturated heterocycles. The Balaban J connectivity index is 4.49. The molecule has 0 aromatic heterocycles. The number of hydrogen-bond donors (Lipinski definition) is 0. The van der Waals surface area contributed by atoms with Crippen molar-refractivity contribution in [3.05, 3.63) is 0 Å². The molecule has 0 aromatic rings. The van der Waals surface area contributed by atoms with Crippen LogP contribution in [0.15, 0.2) is 0 Å². The van der Waals surface area contributed by atoms with Crippen LogP contribution in [0, 0.1) is 0 Å². The molecule has 0 aromatic carbocycles. The molecule has 0 spiro atoms. The number of halogens is 1. The standard InChI is InChI=1S/C10H24ClN2P/c1-7-12(8-2)14(11)13(9(3)4)10(5)6/h9-10H,7-8H2,1-6H3. The van der Waals surface area contributed by atoms with Crippen LogP contribution < -0.4 is 0 Å². The number of hydrogen-bond acceptors (Lipinski definition) is 2. The third kappa shape index (κ3) is 4.02. The highest BCUT2D eigenvalue weighted by Crippen LogP contribution is 2.51. The summed E-state index contributed by atoms with van der Waals surface area (Å²) in [4.78, 5) is 0. The minimum atomic E-state index is -0.648. The molecule has 0 heterocycles. The first-order chi connectivity index (χ1) is 6.45. The van der Waals surface area contributed by atoms with Gasteiger partial charge in [-0.05, 0) is 27.7 Å². The number of rotatable bonds is 6. The highest BCUT2D eigenvalue weighted by molar-refractivity contribution is 7.80. The van der Waals surface area contributed by atoms with Crippen molar-refractivity contribution < 1.29 is 0 Å². The summed E-state index contributed by atoms with van der Waals surface area (Å²) in [5.74, 6) is 0. The van der Waals surface area contributed by atoms with Crippen molar-refractivity contribution in [2.75, 3.05) is 13.1 Å². The van der Waals surface area contributed by atoms with Gasteiger partial charge < -0.3 is 0 Å². The van der Waals surface area contributed by atoms with Gasteiger partial charge in [-0.15, -0.1) is 0 Å². The van der Waals surface area contributed by atoms with Gasteiger partial charge in [0.05, 0.1) is 0 Å². The zero-order valence-electron chi connectivity index (χ0n) is 10.3. The normalized spacial score (nSPS) is 14.8. The topological polar surface area (TPSA) is 6.48 Å². The fourth-order valence-corrected chi connectivity index (χ4v) is 4.79. The predicted molar refractivity (Wildman–Crippen MR) is 67.8 cm³/mol. The second-order valence-corrected chi connectivity index (χ2v) is 6.36. The summed E-state index contributed by atoms with van der Waals surface area (Å²) in [7, 11) is -0.648. The van der Waals surface area contributed by atoms with E-state index in [1.807, 2.05) is 0 Å². The highest BCUT2D eigenvalue weighted by Gasteiger charge is 2.26. The third-order valence-electron chi connectivity index (χ3n) is 2.21. The molecular formula is C10H24ClN2P. The Morgan fingerprint density at radius 2 is 1.36 bits per heavy atom. The average molecular weight is 239 g/mol.